The van der Waals surface area contributed by atoms with Crippen molar-refractivity contribution in [2.75, 3.05) is 32.7 Å². The van der Waals surface area contributed by atoms with Crippen molar-refractivity contribution >= 4 is 5.97 Å². The fraction of sp³-hybridized carbons (Fsp3) is 0.533. The van der Waals surface area contributed by atoms with Crippen LogP contribution in [0.1, 0.15) is 24.9 Å². The summed E-state index contributed by atoms with van der Waals surface area (Å²) in [6.45, 7) is 6.85. The minimum Gasteiger partial charge on any atom is -0.481 e. The zero-order valence-corrected chi connectivity index (χ0v) is 11.5. The number of carbonyl (C=O) groups is 1. The third-order valence-corrected chi connectivity index (χ3v) is 3.88. The third-order valence-electron chi connectivity index (χ3n) is 3.88. The van der Waals surface area contributed by atoms with Gasteiger partial charge in [0.2, 0.25) is 0 Å². The predicted molar refractivity (Wildman–Crippen MR) is 75.1 cm³/mol. The van der Waals surface area contributed by atoms with Crippen LogP contribution in [0, 0.1) is 0 Å². The number of rotatable bonds is 5. The fourth-order valence-electron chi connectivity index (χ4n) is 2.57. The lowest BCUT2D eigenvalue weighted by Gasteiger charge is -2.38. The summed E-state index contributed by atoms with van der Waals surface area (Å²) in [5.41, 5.74) is 1.35. The van der Waals surface area contributed by atoms with Crippen LogP contribution in [0.5, 0.6) is 0 Å². The summed E-state index contributed by atoms with van der Waals surface area (Å²) in [5.74, 6) is -0.708. The summed E-state index contributed by atoms with van der Waals surface area (Å²) >= 11 is 0. The second-order valence-electron chi connectivity index (χ2n) is 5.11. The molecule has 4 nitrogen and oxygen atoms in total. The number of nitrogens with zero attached hydrogens (tertiary/aromatic N) is 2. The lowest BCUT2D eigenvalue weighted by atomic mass is 10.1. The number of carboxylic acids is 1. The molecule has 0 aromatic heterocycles. The van der Waals surface area contributed by atoms with E-state index in [4.69, 9.17) is 5.11 Å². The summed E-state index contributed by atoms with van der Waals surface area (Å²) < 4.78 is 0. The minimum absolute atomic E-state index is 0.244. The average Bonchev–Trinajstić information content (AvgIpc) is 2.46. The highest BCUT2D eigenvalue weighted by molar-refractivity contribution is 5.66. The van der Waals surface area contributed by atoms with Crippen molar-refractivity contribution in [1.82, 2.24) is 9.80 Å². The molecule has 2 rings (SSSR count). The number of piperazine rings is 1. The topological polar surface area (TPSA) is 43.8 Å². The maximum atomic E-state index is 10.6. The van der Waals surface area contributed by atoms with E-state index >= 15 is 0 Å². The Kier molecular flexibility index (Phi) is 4.93. The van der Waals surface area contributed by atoms with Crippen molar-refractivity contribution in [1.29, 1.82) is 0 Å². The molecular weight excluding hydrogens is 240 g/mol. The Morgan fingerprint density at radius 3 is 2.42 bits per heavy atom. The van der Waals surface area contributed by atoms with Gasteiger partial charge in [0, 0.05) is 38.8 Å². The van der Waals surface area contributed by atoms with E-state index in [2.05, 4.69) is 41.0 Å². The Morgan fingerprint density at radius 2 is 1.84 bits per heavy atom. The van der Waals surface area contributed by atoms with Gasteiger partial charge in [-0.3, -0.25) is 9.69 Å². The zero-order valence-electron chi connectivity index (χ0n) is 11.5. The Balaban J connectivity index is 1.81. The van der Waals surface area contributed by atoms with Crippen molar-refractivity contribution in [2.24, 2.45) is 0 Å². The predicted octanol–water partition coefficient (Wildman–Crippen LogP) is 1.84. The average molecular weight is 262 g/mol. The van der Waals surface area contributed by atoms with Crippen LogP contribution in [0.2, 0.25) is 0 Å². The Hall–Kier alpha value is -1.39. The molecule has 1 aromatic rings. The van der Waals surface area contributed by atoms with E-state index in [1.54, 1.807) is 0 Å². The van der Waals surface area contributed by atoms with Gasteiger partial charge in [-0.2, -0.15) is 0 Å². The molecule has 0 amide bonds. The monoisotopic (exact) mass is 262 g/mol. The van der Waals surface area contributed by atoms with Gasteiger partial charge in [0.25, 0.3) is 0 Å². The van der Waals surface area contributed by atoms with E-state index in [0.717, 1.165) is 26.2 Å². The largest absolute Gasteiger partial charge is 0.481 e. The van der Waals surface area contributed by atoms with Crippen LogP contribution in [0.3, 0.4) is 0 Å². The van der Waals surface area contributed by atoms with E-state index in [1.165, 1.54) is 5.56 Å². The maximum absolute atomic E-state index is 10.6. The highest BCUT2D eigenvalue weighted by Crippen LogP contribution is 2.21. The van der Waals surface area contributed by atoms with Crippen LogP contribution in [-0.2, 0) is 4.79 Å². The molecular formula is C15H22N2O2. The van der Waals surface area contributed by atoms with E-state index in [1.807, 2.05) is 6.07 Å². The summed E-state index contributed by atoms with van der Waals surface area (Å²) in [6.07, 6.45) is 0.244. The molecule has 1 atom stereocenters. The molecule has 1 aromatic carbocycles. The highest BCUT2D eigenvalue weighted by atomic mass is 16.4. The van der Waals surface area contributed by atoms with Gasteiger partial charge in [0.1, 0.15) is 0 Å². The molecule has 0 saturated carbocycles. The molecule has 0 bridgehead atoms. The lowest BCUT2D eigenvalue weighted by Crippen LogP contribution is -2.47. The molecule has 1 aliphatic rings. The molecule has 1 heterocycles. The molecule has 1 N–H and O–H groups in total. The molecule has 1 unspecified atom stereocenters. The molecule has 0 radical (unpaired) electrons. The van der Waals surface area contributed by atoms with Gasteiger partial charge in [0.05, 0.1) is 6.42 Å². The normalized spacial score (nSPS) is 19.2. The molecule has 1 fully saturated rings. The molecule has 19 heavy (non-hydrogen) atoms. The van der Waals surface area contributed by atoms with Crippen LogP contribution in [0.15, 0.2) is 30.3 Å². The quantitative estimate of drug-likeness (QED) is 0.879. The van der Waals surface area contributed by atoms with Gasteiger partial charge in [0.15, 0.2) is 0 Å². The summed E-state index contributed by atoms with van der Waals surface area (Å²) in [5, 5.41) is 8.70. The molecule has 104 valence electrons. The number of aliphatic carboxylic acids is 1. The van der Waals surface area contributed by atoms with Crippen LogP contribution in [0.25, 0.3) is 0 Å². The maximum Gasteiger partial charge on any atom is 0.304 e. The van der Waals surface area contributed by atoms with Gasteiger partial charge in [-0.05, 0) is 12.5 Å². The fourth-order valence-corrected chi connectivity index (χ4v) is 2.57. The van der Waals surface area contributed by atoms with Gasteiger partial charge in [-0.25, -0.2) is 0 Å². The first kappa shape index (κ1) is 14.0. The molecule has 1 saturated heterocycles. The Morgan fingerprint density at radius 1 is 1.21 bits per heavy atom. The smallest absolute Gasteiger partial charge is 0.304 e. The van der Waals surface area contributed by atoms with Gasteiger partial charge in [-0.15, -0.1) is 0 Å². The van der Waals surface area contributed by atoms with Gasteiger partial charge in [-0.1, -0.05) is 30.3 Å². The van der Waals surface area contributed by atoms with E-state index in [9.17, 15) is 4.79 Å². The van der Waals surface area contributed by atoms with Crippen LogP contribution in [0.4, 0.5) is 0 Å². The SMILES string of the molecule is CC(c1ccccc1)N1CCN(CCC(=O)O)CC1. The standard InChI is InChI=1S/C15H22N2O2/c1-13(14-5-3-2-4-6-14)17-11-9-16(10-12-17)8-7-15(18)19/h2-6,13H,7-12H2,1H3,(H,18,19). The van der Waals surface area contributed by atoms with Gasteiger partial charge < -0.3 is 10.0 Å². The van der Waals surface area contributed by atoms with Crippen molar-refractivity contribution in [2.45, 2.75) is 19.4 Å². The Bertz CT molecular complexity index is 400. The second kappa shape index (κ2) is 6.68. The van der Waals surface area contributed by atoms with E-state index < -0.39 is 5.97 Å². The van der Waals surface area contributed by atoms with Crippen molar-refractivity contribution in [3.8, 4) is 0 Å². The van der Waals surface area contributed by atoms with Crippen LogP contribution >= 0.6 is 0 Å². The highest BCUT2D eigenvalue weighted by Gasteiger charge is 2.21. The zero-order chi connectivity index (χ0) is 13.7. The number of carboxylic acid groups (broad SMARTS) is 1. The summed E-state index contributed by atoms with van der Waals surface area (Å²) in [6, 6.07) is 11.0. The van der Waals surface area contributed by atoms with Crippen LogP contribution in [-0.4, -0.2) is 53.6 Å². The summed E-state index contributed by atoms with van der Waals surface area (Å²) in [4.78, 5) is 15.3. The first-order valence-electron chi connectivity index (χ1n) is 6.90. The van der Waals surface area contributed by atoms with Crippen molar-refractivity contribution in [3.05, 3.63) is 35.9 Å². The van der Waals surface area contributed by atoms with Crippen molar-refractivity contribution < 1.29 is 9.90 Å². The molecule has 4 heteroatoms. The lowest BCUT2D eigenvalue weighted by molar-refractivity contribution is -0.137. The first-order valence-corrected chi connectivity index (χ1v) is 6.90. The minimum atomic E-state index is -0.708. The van der Waals surface area contributed by atoms with Gasteiger partial charge >= 0.3 is 5.97 Å². The second-order valence-corrected chi connectivity index (χ2v) is 5.11. The van der Waals surface area contributed by atoms with E-state index in [-0.39, 0.29) is 6.42 Å². The number of hydrogen-bond donors (Lipinski definition) is 1. The third kappa shape index (κ3) is 4.04. The molecule has 1 aliphatic heterocycles. The first-order chi connectivity index (χ1) is 9.16. The molecule has 0 aliphatic carbocycles. The van der Waals surface area contributed by atoms with E-state index in [0.29, 0.717) is 12.6 Å². The molecule has 0 spiro atoms. The number of hydrogen-bond acceptors (Lipinski definition) is 3. The van der Waals surface area contributed by atoms with Crippen molar-refractivity contribution in [3.63, 3.8) is 0 Å². The Labute approximate surface area is 114 Å². The van der Waals surface area contributed by atoms with Crippen LogP contribution < -0.4 is 0 Å². The summed E-state index contributed by atoms with van der Waals surface area (Å²) in [7, 11) is 0. The number of benzene rings is 1.